The fourth-order valence-corrected chi connectivity index (χ4v) is 3.36. The monoisotopic (exact) mass is 436 g/mol. The number of nitrogens with zero attached hydrogens (tertiary/aromatic N) is 1. The van der Waals surface area contributed by atoms with Crippen LogP contribution in [0.15, 0.2) is 12.1 Å². The van der Waals surface area contributed by atoms with E-state index in [4.69, 9.17) is 18.9 Å². The number of hydrogen-bond donors (Lipinski definition) is 2. The van der Waals surface area contributed by atoms with Crippen LogP contribution in [0.5, 0.6) is 17.2 Å². The molecule has 0 unspecified atom stereocenters. The number of hydrogen-bond acceptors (Lipinski definition) is 7. The van der Waals surface area contributed by atoms with Gasteiger partial charge in [-0.1, -0.05) is 0 Å². The molecule has 30 heavy (non-hydrogen) atoms. The second kappa shape index (κ2) is 8.46. The van der Waals surface area contributed by atoms with E-state index in [0.29, 0.717) is 0 Å². The zero-order valence-electron chi connectivity index (χ0n) is 17.0. The van der Waals surface area contributed by atoms with Crippen LogP contribution in [0.2, 0.25) is 0 Å². The molecule has 1 heterocycles. The van der Waals surface area contributed by atoms with Gasteiger partial charge in [0.2, 0.25) is 5.75 Å². The lowest BCUT2D eigenvalue weighted by Gasteiger charge is -2.49. The number of methoxy groups -OCH3 is 3. The Balaban J connectivity index is 2.75. The summed E-state index contributed by atoms with van der Waals surface area (Å²) in [5, 5.41) is 13.0. The lowest BCUT2D eigenvalue weighted by Crippen LogP contribution is -2.73. The lowest BCUT2D eigenvalue weighted by atomic mass is 9.81. The normalized spacial score (nSPS) is 24.2. The Kier molecular flexibility index (Phi) is 6.60. The molecular formula is C18H23F3N2O7. The summed E-state index contributed by atoms with van der Waals surface area (Å²) in [6.45, 7) is 1.17. The van der Waals surface area contributed by atoms with E-state index in [1.165, 1.54) is 40.4 Å². The standard InChI is InChI=1S/C18H23F3N2O7/c1-6-30-15(24)12-13(22-16(25)23(2)17(12,26)18(19,20)21)9-7-10(27-3)14(29-5)11(8-9)28-4/h7-8,12-13,26H,6H2,1-5H3,(H,22,25)/t12-,13+,17+/m1/s1. The quantitative estimate of drug-likeness (QED) is 0.656. The van der Waals surface area contributed by atoms with Crippen molar-refractivity contribution in [3.8, 4) is 17.2 Å². The highest BCUT2D eigenvalue weighted by Gasteiger charge is 2.69. The number of carbonyl (C=O) groups is 2. The highest BCUT2D eigenvalue weighted by Crippen LogP contribution is 2.49. The average Bonchev–Trinajstić information content (AvgIpc) is 2.69. The zero-order chi connectivity index (χ0) is 22.9. The number of nitrogens with one attached hydrogen (secondary N) is 1. The number of benzene rings is 1. The maximum atomic E-state index is 13.9. The number of amides is 2. The van der Waals surface area contributed by atoms with Crippen LogP contribution in [0.4, 0.5) is 18.0 Å². The van der Waals surface area contributed by atoms with Crippen LogP contribution in [-0.4, -0.2) is 68.9 Å². The molecule has 1 fully saturated rings. The summed E-state index contributed by atoms with van der Waals surface area (Å²) < 4.78 is 62.2. The number of ether oxygens (including phenoxy) is 4. The van der Waals surface area contributed by atoms with Crippen molar-refractivity contribution in [1.82, 2.24) is 10.2 Å². The topological polar surface area (TPSA) is 107 Å². The van der Waals surface area contributed by atoms with Gasteiger partial charge in [0, 0.05) is 7.05 Å². The molecule has 0 spiro atoms. The first kappa shape index (κ1) is 23.4. The van der Waals surface area contributed by atoms with E-state index in [2.05, 4.69) is 5.32 Å². The molecule has 0 aliphatic carbocycles. The van der Waals surface area contributed by atoms with Gasteiger partial charge in [0.25, 0.3) is 5.72 Å². The lowest BCUT2D eigenvalue weighted by molar-refractivity contribution is -0.328. The smallest absolute Gasteiger partial charge is 0.437 e. The van der Waals surface area contributed by atoms with Gasteiger partial charge in [0.05, 0.1) is 34.0 Å². The van der Waals surface area contributed by atoms with Crippen molar-refractivity contribution >= 4 is 12.0 Å². The molecule has 1 aliphatic rings. The summed E-state index contributed by atoms with van der Waals surface area (Å²) in [4.78, 5) is 24.9. The fraction of sp³-hybridized carbons (Fsp3) is 0.556. The molecule has 168 valence electrons. The molecule has 3 atom stereocenters. The maximum Gasteiger partial charge on any atom is 0.437 e. The van der Waals surface area contributed by atoms with Gasteiger partial charge in [-0.15, -0.1) is 0 Å². The first-order valence-electron chi connectivity index (χ1n) is 8.77. The van der Waals surface area contributed by atoms with Crippen LogP contribution in [-0.2, 0) is 9.53 Å². The Morgan fingerprint density at radius 3 is 2.13 bits per heavy atom. The molecular weight excluding hydrogens is 413 g/mol. The molecule has 1 aromatic rings. The third kappa shape index (κ3) is 3.66. The van der Waals surface area contributed by atoms with E-state index < -0.39 is 35.9 Å². The molecule has 0 radical (unpaired) electrons. The molecule has 12 heteroatoms. The fourth-order valence-electron chi connectivity index (χ4n) is 3.36. The van der Waals surface area contributed by atoms with Gasteiger partial charge in [0.15, 0.2) is 11.5 Å². The number of esters is 1. The molecule has 2 rings (SSSR count). The predicted octanol–water partition coefficient (Wildman–Crippen LogP) is 1.84. The molecule has 1 aliphatic heterocycles. The SMILES string of the molecule is CCOC(=O)[C@H]1[C@H](c2cc(OC)c(OC)c(OC)c2)NC(=O)N(C)[C@@]1(O)C(F)(F)F. The van der Waals surface area contributed by atoms with Gasteiger partial charge < -0.3 is 29.4 Å². The van der Waals surface area contributed by atoms with Crippen molar-refractivity contribution in [2.45, 2.75) is 24.9 Å². The minimum absolute atomic E-state index is 0.00618. The molecule has 2 N–H and O–H groups in total. The van der Waals surface area contributed by atoms with Gasteiger partial charge >= 0.3 is 18.2 Å². The Bertz CT molecular complexity index is 792. The minimum atomic E-state index is -5.37. The van der Waals surface area contributed by atoms with E-state index in [-0.39, 0.29) is 34.3 Å². The van der Waals surface area contributed by atoms with Crippen molar-refractivity contribution in [1.29, 1.82) is 0 Å². The van der Waals surface area contributed by atoms with Crippen molar-refractivity contribution in [3.63, 3.8) is 0 Å². The Morgan fingerprint density at radius 2 is 1.73 bits per heavy atom. The molecule has 2 amide bonds. The van der Waals surface area contributed by atoms with Gasteiger partial charge in [-0.25, -0.2) is 4.79 Å². The van der Waals surface area contributed by atoms with Crippen molar-refractivity contribution in [2.24, 2.45) is 5.92 Å². The van der Waals surface area contributed by atoms with Crippen molar-refractivity contribution < 1.29 is 46.8 Å². The highest BCUT2D eigenvalue weighted by molar-refractivity contribution is 5.83. The number of aliphatic hydroxyl groups is 1. The number of halogens is 3. The molecule has 9 nitrogen and oxygen atoms in total. The average molecular weight is 436 g/mol. The summed E-state index contributed by atoms with van der Waals surface area (Å²) in [6, 6.07) is -0.302. The van der Waals surface area contributed by atoms with Crippen LogP contribution < -0.4 is 19.5 Å². The zero-order valence-corrected chi connectivity index (χ0v) is 17.0. The largest absolute Gasteiger partial charge is 0.493 e. The first-order valence-corrected chi connectivity index (χ1v) is 8.77. The summed E-state index contributed by atoms with van der Waals surface area (Å²) in [7, 11) is 4.66. The second-order valence-corrected chi connectivity index (χ2v) is 6.40. The van der Waals surface area contributed by atoms with Crippen LogP contribution in [0.25, 0.3) is 0 Å². The Morgan fingerprint density at radius 1 is 1.20 bits per heavy atom. The van der Waals surface area contributed by atoms with Gasteiger partial charge in [0.1, 0.15) is 5.92 Å². The predicted molar refractivity (Wildman–Crippen MR) is 96.3 cm³/mol. The Hall–Kier alpha value is -2.89. The van der Waals surface area contributed by atoms with Gasteiger partial charge in [-0.05, 0) is 24.6 Å². The van der Waals surface area contributed by atoms with Gasteiger partial charge in [-0.3, -0.25) is 9.69 Å². The number of rotatable bonds is 6. The summed E-state index contributed by atoms with van der Waals surface area (Å²) in [5.74, 6) is -3.27. The highest BCUT2D eigenvalue weighted by atomic mass is 19.4. The van der Waals surface area contributed by atoms with Crippen LogP contribution >= 0.6 is 0 Å². The number of carbonyl (C=O) groups excluding carboxylic acids is 2. The summed E-state index contributed by atoms with van der Waals surface area (Å²) in [6.07, 6.45) is -5.37. The van der Waals surface area contributed by atoms with Crippen molar-refractivity contribution in [3.05, 3.63) is 17.7 Å². The van der Waals surface area contributed by atoms with Gasteiger partial charge in [-0.2, -0.15) is 13.2 Å². The molecule has 1 aromatic carbocycles. The Labute approximate surface area is 170 Å². The van der Waals surface area contributed by atoms with E-state index >= 15 is 0 Å². The van der Waals surface area contributed by atoms with Crippen LogP contribution in [0.1, 0.15) is 18.5 Å². The number of alkyl halides is 3. The molecule has 0 saturated carbocycles. The third-order valence-corrected chi connectivity index (χ3v) is 4.87. The minimum Gasteiger partial charge on any atom is -0.493 e. The van der Waals surface area contributed by atoms with E-state index in [1.807, 2.05) is 0 Å². The second-order valence-electron chi connectivity index (χ2n) is 6.40. The molecule has 0 bridgehead atoms. The summed E-state index contributed by atoms with van der Waals surface area (Å²) >= 11 is 0. The van der Waals surface area contributed by atoms with Crippen molar-refractivity contribution in [2.75, 3.05) is 35.0 Å². The first-order chi connectivity index (χ1) is 14.0. The molecule has 0 aromatic heterocycles. The maximum absolute atomic E-state index is 13.9. The van der Waals surface area contributed by atoms with Crippen LogP contribution in [0.3, 0.4) is 0 Å². The van der Waals surface area contributed by atoms with Crippen LogP contribution in [0, 0.1) is 5.92 Å². The third-order valence-electron chi connectivity index (χ3n) is 4.87. The summed E-state index contributed by atoms with van der Waals surface area (Å²) in [5.41, 5.74) is -3.82. The van der Waals surface area contributed by atoms with E-state index in [1.54, 1.807) is 0 Å². The van der Waals surface area contributed by atoms with E-state index in [9.17, 15) is 27.9 Å². The van der Waals surface area contributed by atoms with E-state index in [0.717, 1.165) is 7.05 Å². The number of urea groups is 1. The molecule has 1 saturated heterocycles.